The van der Waals surface area contributed by atoms with Gasteiger partial charge in [0.1, 0.15) is 11.5 Å². The molecule has 0 aliphatic heterocycles. The average molecular weight is 286 g/mol. The smallest absolute Gasteiger partial charge is 0.222 e. The van der Waals surface area contributed by atoms with Gasteiger partial charge in [-0.1, -0.05) is 13.0 Å². The fraction of sp³-hybridized carbons (Fsp3) is 0.353. The van der Waals surface area contributed by atoms with E-state index in [1.54, 1.807) is 0 Å². The maximum Gasteiger partial charge on any atom is 0.222 e. The van der Waals surface area contributed by atoms with Crippen LogP contribution in [0.25, 0.3) is 0 Å². The first-order valence-corrected chi connectivity index (χ1v) is 7.30. The minimum Gasteiger partial charge on any atom is -0.494 e. The first-order chi connectivity index (χ1) is 10.2. The molecule has 4 nitrogen and oxygen atoms in total. The van der Waals surface area contributed by atoms with Gasteiger partial charge in [-0.2, -0.15) is 0 Å². The van der Waals surface area contributed by atoms with Crippen molar-refractivity contribution >= 4 is 0 Å². The number of ether oxygens (including phenoxy) is 2. The van der Waals surface area contributed by atoms with Gasteiger partial charge in [0, 0.05) is 24.4 Å². The summed E-state index contributed by atoms with van der Waals surface area (Å²) in [5.74, 6) is 2.16. The first-order valence-electron chi connectivity index (χ1n) is 7.30. The number of benzene rings is 1. The molecule has 112 valence electrons. The van der Waals surface area contributed by atoms with Crippen molar-refractivity contribution < 1.29 is 9.47 Å². The summed E-state index contributed by atoms with van der Waals surface area (Å²) in [6.45, 7) is 8.46. The van der Waals surface area contributed by atoms with Crippen molar-refractivity contribution in [2.75, 3.05) is 13.2 Å². The van der Waals surface area contributed by atoms with E-state index in [0.29, 0.717) is 12.5 Å². The van der Waals surface area contributed by atoms with E-state index in [2.05, 4.69) is 23.3 Å². The Bertz CT molecular complexity index is 585. The van der Waals surface area contributed by atoms with Crippen LogP contribution >= 0.6 is 0 Å². The summed E-state index contributed by atoms with van der Waals surface area (Å²) in [6.07, 6.45) is 1.84. The SMILES string of the molecule is CCNCc1cnc(Oc2cccc(OCC)c2)c(C)c1. The van der Waals surface area contributed by atoms with Gasteiger partial charge in [0.05, 0.1) is 6.61 Å². The van der Waals surface area contributed by atoms with Crippen LogP contribution < -0.4 is 14.8 Å². The second-order valence-corrected chi connectivity index (χ2v) is 4.76. The quantitative estimate of drug-likeness (QED) is 0.843. The van der Waals surface area contributed by atoms with Crippen LogP contribution in [0.15, 0.2) is 36.5 Å². The van der Waals surface area contributed by atoms with Crippen molar-refractivity contribution in [3.05, 3.63) is 47.7 Å². The van der Waals surface area contributed by atoms with Crippen molar-refractivity contribution in [2.45, 2.75) is 27.3 Å². The molecule has 1 aromatic carbocycles. The number of aryl methyl sites for hydroxylation is 1. The molecule has 0 fully saturated rings. The van der Waals surface area contributed by atoms with Gasteiger partial charge in [0.15, 0.2) is 0 Å². The maximum atomic E-state index is 5.84. The normalized spacial score (nSPS) is 10.4. The summed E-state index contributed by atoms with van der Waals surface area (Å²) >= 11 is 0. The van der Waals surface area contributed by atoms with Crippen LogP contribution in [-0.2, 0) is 6.54 Å². The van der Waals surface area contributed by atoms with E-state index in [4.69, 9.17) is 9.47 Å². The van der Waals surface area contributed by atoms with Gasteiger partial charge in [-0.15, -0.1) is 0 Å². The van der Waals surface area contributed by atoms with Gasteiger partial charge in [0.2, 0.25) is 5.88 Å². The molecule has 4 heteroatoms. The van der Waals surface area contributed by atoms with Crippen LogP contribution in [-0.4, -0.2) is 18.1 Å². The molecule has 0 aliphatic rings. The highest BCUT2D eigenvalue weighted by atomic mass is 16.5. The van der Waals surface area contributed by atoms with Crippen molar-refractivity contribution in [2.24, 2.45) is 0 Å². The zero-order chi connectivity index (χ0) is 15.1. The monoisotopic (exact) mass is 286 g/mol. The Morgan fingerprint density at radius 1 is 1.14 bits per heavy atom. The summed E-state index contributed by atoms with van der Waals surface area (Å²) in [6, 6.07) is 9.69. The van der Waals surface area contributed by atoms with Crippen LogP contribution in [0.2, 0.25) is 0 Å². The maximum absolute atomic E-state index is 5.84. The Kier molecular flexibility index (Phi) is 5.58. The molecule has 0 spiro atoms. The molecule has 1 aromatic heterocycles. The molecule has 0 atom stereocenters. The second-order valence-electron chi connectivity index (χ2n) is 4.76. The lowest BCUT2D eigenvalue weighted by molar-refractivity contribution is 0.338. The van der Waals surface area contributed by atoms with Crippen LogP contribution in [0.4, 0.5) is 0 Å². The highest BCUT2D eigenvalue weighted by Gasteiger charge is 2.05. The minimum absolute atomic E-state index is 0.629. The molecule has 0 unspecified atom stereocenters. The Morgan fingerprint density at radius 2 is 1.95 bits per heavy atom. The number of hydrogen-bond acceptors (Lipinski definition) is 4. The van der Waals surface area contributed by atoms with Crippen LogP contribution in [0.1, 0.15) is 25.0 Å². The second kappa shape index (κ2) is 7.64. The Morgan fingerprint density at radius 3 is 2.67 bits per heavy atom. The predicted octanol–water partition coefficient (Wildman–Crippen LogP) is 3.69. The molecule has 0 saturated heterocycles. The minimum atomic E-state index is 0.629. The van der Waals surface area contributed by atoms with Crippen LogP contribution in [0.5, 0.6) is 17.4 Å². The summed E-state index contributed by atoms with van der Waals surface area (Å²) in [4.78, 5) is 4.40. The van der Waals surface area contributed by atoms with E-state index in [9.17, 15) is 0 Å². The van der Waals surface area contributed by atoms with E-state index in [1.165, 1.54) is 0 Å². The first kappa shape index (κ1) is 15.3. The summed E-state index contributed by atoms with van der Waals surface area (Å²) < 4.78 is 11.3. The molecule has 0 radical (unpaired) electrons. The number of nitrogens with one attached hydrogen (secondary N) is 1. The Balaban J connectivity index is 2.10. The molecular formula is C17H22N2O2. The number of aromatic nitrogens is 1. The predicted molar refractivity (Wildman–Crippen MR) is 84.0 cm³/mol. The summed E-state index contributed by atoms with van der Waals surface area (Å²) in [5, 5.41) is 3.29. The number of nitrogens with zero attached hydrogens (tertiary/aromatic N) is 1. The van der Waals surface area contributed by atoms with E-state index in [0.717, 1.165) is 35.7 Å². The average Bonchev–Trinajstić information content (AvgIpc) is 2.48. The highest BCUT2D eigenvalue weighted by Crippen LogP contribution is 2.26. The standard InChI is InChI=1S/C17H22N2O2/c1-4-18-11-14-9-13(3)17(19-12-14)21-16-8-6-7-15(10-16)20-5-2/h6-10,12,18H,4-5,11H2,1-3H3. The lowest BCUT2D eigenvalue weighted by Crippen LogP contribution is -2.12. The summed E-state index contributed by atoms with van der Waals surface area (Å²) in [5.41, 5.74) is 2.18. The lowest BCUT2D eigenvalue weighted by Gasteiger charge is -2.10. The van der Waals surface area contributed by atoms with Crippen LogP contribution in [0.3, 0.4) is 0 Å². The van der Waals surface area contributed by atoms with Gasteiger partial charge in [-0.25, -0.2) is 4.98 Å². The third kappa shape index (κ3) is 4.46. The molecule has 1 N–H and O–H groups in total. The van der Waals surface area contributed by atoms with Gasteiger partial charge >= 0.3 is 0 Å². The van der Waals surface area contributed by atoms with E-state index in [-0.39, 0.29) is 0 Å². The number of rotatable bonds is 7. The zero-order valence-electron chi connectivity index (χ0n) is 12.8. The molecule has 0 saturated carbocycles. The topological polar surface area (TPSA) is 43.4 Å². The van der Waals surface area contributed by atoms with Gasteiger partial charge in [-0.3, -0.25) is 0 Å². The van der Waals surface area contributed by atoms with Crippen molar-refractivity contribution in [1.29, 1.82) is 0 Å². The molecule has 2 aromatic rings. The third-order valence-electron chi connectivity index (χ3n) is 3.00. The molecular weight excluding hydrogens is 264 g/mol. The van der Waals surface area contributed by atoms with E-state index in [1.807, 2.05) is 44.3 Å². The van der Waals surface area contributed by atoms with Crippen molar-refractivity contribution in [3.8, 4) is 17.4 Å². The third-order valence-corrected chi connectivity index (χ3v) is 3.00. The van der Waals surface area contributed by atoms with Crippen LogP contribution in [0, 0.1) is 6.92 Å². The fourth-order valence-corrected chi connectivity index (χ4v) is 2.00. The molecule has 0 aliphatic carbocycles. The molecule has 1 heterocycles. The molecule has 2 rings (SSSR count). The van der Waals surface area contributed by atoms with Gasteiger partial charge < -0.3 is 14.8 Å². The molecule has 0 bridgehead atoms. The lowest BCUT2D eigenvalue weighted by atomic mass is 10.2. The number of hydrogen-bond donors (Lipinski definition) is 1. The highest BCUT2D eigenvalue weighted by molar-refractivity contribution is 5.37. The van der Waals surface area contributed by atoms with E-state index >= 15 is 0 Å². The van der Waals surface area contributed by atoms with Crippen molar-refractivity contribution in [1.82, 2.24) is 10.3 Å². The zero-order valence-corrected chi connectivity index (χ0v) is 12.8. The summed E-state index contributed by atoms with van der Waals surface area (Å²) in [7, 11) is 0. The fourth-order valence-electron chi connectivity index (χ4n) is 2.00. The Hall–Kier alpha value is -2.07. The van der Waals surface area contributed by atoms with E-state index < -0.39 is 0 Å². The van der Waals surface area contributed by atoms with Gasteiger partial charge in [-0.05, 0) is 44.2 Å². The Labute approximate surface area is 126 Å². The number of pyridine rings is 1. The molecule has 0 amide bonds. The largest absolute Gasteiger partial charge is 0.494 e. The van der Waals surface area contributed by atoms with Crippen molar-refractivity contribution in [3.63, 3.8) is 0 Å². The molecule has 21 heavy (non-hydrogen) atoms. The van der Waals surface area contributed by atoms with Gasteiger partial charge in [0.25, 0.3) is 0 Å².